The number of nitrogens with zero attached hydrogens (tertiary/aromatic N) is 2. The van der Waals surface area contributed by atoms with E-state index in [4.69, 9.17) is 5.73 Å². The topological polar surface area (TPSA) is 80.9 Å². The molecule has 0 saturated heterocycles. The van der Waals surface area contributed by atoms with Crippen molar-refractivity contribution in [3.8, 4) is 11.3 Å². The Morgan fingerprint density at radius 1 is 1.36 bits per heavy atom. The van der Waals surface area contributed by atoms with Gasteiger partial charge in [-0.15, -0.1) is 0 Å². The first-order valence-corrected chi connectivity index (χ1v) is 9.38. The van der Waals surface area contributed by atoms with Crippen LogP contribution >= 0.6 is 22.6 Å². The van der Waals surface area contributed by atoms with Gasteiger partial charge in [0.05, 0.1) is 17.6 Å². The van der Waals surface area contributed by atoms with Crippen LogP contribution in [-0.2, 0) is 4.79 Å². The van der Waals surface area contributed by atoms with Crippen LogP contribution in [0.5, 0.6) is 0 Å². The zero-order valence-electron chi connectivity index (χ0n) is 14.3. The molecular weight excluding hydrogens is 427 g/mol. The summed E-state index contributed by atoms with van der Waals surface area (Å²) in [5.74, 6) is 0.312. The lowest BCUT2D eigenvalue weighted by atomic mass is 9.94. The number of hydrogen-bond donors (Lipinski definition) is 2. The van der Waals surface area contributed by atoms with E-state index < -0.39 is 0 Å². The lowest BCUT2D eigenvalue weighted by Gasteiger charge is -2.20. The van der Waals surface area contributed by atoms with Gasteiger partial charge in [-0.2, -0.15) is 0 Å². The van der Waals surface area contributed by atoms with E-state index in [0.29, 0.717) is 18.0 Å². The molecule has 1 aliphatic carbocycles. The Morgan fingerprint density at radius 2 is 2.16 bits per heavy atom. The van der Waals surface area contributed by atoms with Gasteiger partial charge in [-0.3, -0.25) is 14.8 Å². The number of halogens is 1. The maximum Gasteiger partial charge on any atom is 0.224 e. The van der Waals surface area contributed by atoms with Crippen LogP contribution in [0.1, 0.15) is 43.9 Å². The third kappa shape index (κ3) is 4.24. The molecule has 0 radical (unpaired) electrons. The molecule has 3 N–H and O–H groups in total. The summed E-state index contributed by atoms with van der Waals surface area (Å²) in [5, 5.41) is 2.90. The Hall–Kier alpha value is -1.80. The normalized spacial score (nSPS) is 16.4. The second kappa shape index (κ2) is 7.61. The highest BCUT2D eigenvalue weighted by molar-refractivity contribution is 14.1. The summed E-state index contributed by atoms with van der Waals surface area (Å²) >= 11 is 2.33. The number of fused-ring (bicyclic) bond motifs is 1. The Kier molecular flexibility index (Phi) is 5.48. The fraction of sp³-hybridized carbons (Fsp3) is 0.316. The average molecular weight is 448 g/mol. The second-order valence-corrected chi connectivity index (χ2v) is 7.82. The fourth-order valence-corrected chi connectivity index (χ4v) is 3.55. The van der Waals surface area contributed by atoms with E-state index in [1.54, 1.807) is 12.4 Å². The molecule has 0 aliphatic heterocycles. The minimum Gasteiger partial charge on any atom is -0.325 e. The lowest BCUT2D eigenvalue weighted by molar-refractivity contribution is -0.116. The summed E-state index contributed by atoms with van der Waals surface area (Å²) < 4.78 is 1.19. The summed E-state index contributed by atoms with van der Waals surface area (Å²) in [7, 11) is 0. The van der Waals surface area contributed by atoms with Gasteiger partial charge in [0.25, 0.3) is 0 Å². The molecule has 0 spiro atoms. The molecule has 0 aromatic carbocycles. The minimum atomic E-state index is -0.00477. The third-order valence-corrected chi connectivity index (χ3v) is 5.08. The van der Waals surface area contributed by atoms with Gasteiger partial charge < -0.3 is 11.1 Å². The monoisotopic (exact) mass is 448 g/mol. The molecule has 2 heterocycles. The predicted octanol–water partition coefficient (Wildman–Crippen LogP) is 4.31. The second-order valence-electron chi connectivity index (χ2n) is 6.66. The Balaban J connectivity index is 1.88. The number of amides is 1. The molecule has 0 saturated carbocycles. The van der Waals surface area contributed by atoms with Gasteiger partial charge in [-0.25, -0.2) is 0 Å². The lowest BCUT2D eigenvalue weighted by Crippen LogP contribution is -2.15. The third-order valence-electron chi connectivity index (χ3n) is 4.05. The van der Waals surface area contributed by atoms with E-state index in [9.17, 15) is 4.79 Å². The molecule has 0 fully saturated rings. The Bertz CT molecular complexity index is 832. The summed E-state index contributed by atoms with van der Waals surface area (Å²) in [4.78, 5) is 20.8. The maximum atomic E-state index is 12.0. The average Bonchev–Trinajstić information content (AvgIpc) is 2.57. The highest BCUT2D eigenvalue weighted by atomic mass is 127. The van der Waals surface area contributed by atoms with Gasteiger partial charge in [0.15, 0.2) is 0 Å². The molecule has 25 heavy (non-hydrogen) atoms. The first-order chi connectivity index (χ1) is 11.9. The molecular formula is C19H21IN4O. The number of hydrogen-bond acceptors (Lipinski definition) is 4. The van der Waals surface area contributed by atoms with Gasteiger partial charge in [-0.05, 0) is 58.2 Å². The quantitative estimate of drug-likeness (QED) is 0.684. The number of nitrogens with one attached hydrogen (secondary N) is 1. The van der Waals surface area contributed by atoms with Crippen LogP contribution in [0.4, 0.5) is 5.69 Å². The molecule has 3 rings (SSSR count). The molecule has 0 bridgehead atoms. The molecule has 1 aliphatic rings. The highest BCUT2D eigenvalue weighted by Gasteiger charge is 2.19. The number of rotatable bonds is 4. The summed E-state index contributed by atoms with van der Waals surface area (Å²) in [6.07, 6.45) is 8.74. The van der Waals surface area contributed by atoms with Gasteiger partial charge in [0.2, 0.25) is 5.91 Å². The molecule has 1 atom stereocenters. The molecule has 5 nitrogen and oxygen atoms in total. The van der Waals surface area contributed by atoms with Crippen LogP contribution in [-0.4, -0.2) is 15.9 Å². The zero-order chi connectivity index (χ0) is 18.0. The maximum absolute atomic E-state index is 12.0. The van der Waals surface area contributed by atoms with E-state index in [0.717, 1.165) is 28.8 Å². The van der Waals surface area contributed by atoms with E-state index in [1.807, 2.05) is 32.2 Å². The molecule has 1 amide bonds. The van der Waals surface area contributed by atoms with Crippen molar-refractivity contribution in [1.29, 1.82) is 0 Å². The van der Waals surface area contributed by atoms with Crippen molar-refractivity contribution in [2.75, 3.05) is 5.32 Å². The SMILES string of the molecule is CC(C)CC(=O)Nc1cncc(-c2cc3c(cn2)[C@H](N)CC=C3I)c1. The predicted molar refractivity (Wildman–Crippen MR) is 109 cm³/mol. The first kappa shape index (κ1) is 18.0. The van der Waals surface area contributed by atoms with Gasteiger partial charge in [0, 0.05) is 34.0 Å². The van der Waals surface area contributed by atoms with Crippen molar-refractivity contribution in [3.05, 3.63) is 47.9 Å². The largest absolute Gasteiger partial charge is 0.325 e. The smallest absolute Gasteiger partial charge is 0.224 e. The molecule has 0 unspecified atom stereocenters. The number of aromatic nitrogens is 2. The van der Waals surface area contributed by atoms with Gasteiger partial charge in [-0.1, -0.05) is 19.9 Å². The number of anilines is 1. The van der Waals surface area contributed by atoms with Crippen LogP contribution in [0.3, 0.4) is 0 Å². The minimum absolute atomic E-state index is 0.00388. The number of nitrogens with two attached hydrogens (primary N) is 1. The van der Waals surface area contributed by atoms with Crippen molar-refractivity contribution >= 4 is 37.8 Å². The van der Waals surface area contributed by atoms with Crippen molar-refractivity contribution < 1.29 is 4.79 Å². The van der Waals surface area contributed by atoms with Crippen molar-refractivity contribution in [2.45, 2.75) is 32.7 Å². The standard InChI is InChI=1S/C19H21IN4O/c1-11(2)5-19(25)24-13-6-12(8-22-9-13)18-7-14-15(10-23-18)17(21)4-3-16(14)20/h3,6-11,17H,4-5,21H2,1-2H3,(H,24,25)/t17-/m1/s1. The van der Waals surface area contributed by atoms with Crippen molar-refractivity contribution in [2.24, 2.45) is 11.7 Å². The van der Waals surface area contributed by atoms with E-state index in [-0.39, 0.29) is 11.9 Å². The zero-order valence-corrected chi connectivity index (χ0v) is 16.4. The summed E-state index contributed by atoms with van der Waals surface area (Å²) in [6, 6.07) is 3.94. The molecule has 2 aromatic rings. The Labute approximate surface area is 161 Å². The van der Waals surface area contributed by atoms with Crippen LogP contribution < -0.4 is 11.1 Å². The number of carbonyl (C=O) groups is 1. The molecule has 130 valence electrons. The van der Waals surface area contributed by atoms with Crippen molar-refractivity contribution in [1.82, 2.24) is 9.97 Å². The van der Waals surface area contributed by atoms with Crippen LogP contribution in [0, 0.1) is 5.92 Å². The number of pyridine rings is 2. The van der Waals surface area contributed by atoms with E-state index >= 15 is 0 Å². The van der Waals surface area contributed by atoms with Crippen LogP contribution in [0.25, 0.3) is 14.8 Å². The summed E-state index contributed by atoms with van der Waals surface area (Å²) in [6.45, 7) is 4.04. The number of carbonyl (C=O) groups excluding carboxylic acids is 1. The molecule has 6 heteroatoms. The van der Waals surface area contributed by atoms with E-state index in [2.05, 4.69) is 44.0 Å². The highest BCUT2D eigenvalue weighted by Crippen LogP contribution is 2.36. The van der Waals surface area contributed by atoms with Crippen molar-refractivity contribution in [3.63, 3.8) is 0 Å². The van der Waals surface area contributed by atoms with Gasteiger partial charge >= 0.3 is 0 Å². The van der Waals surface area contributed by atoms with Crippen LogP contribution in [0.15, 0.2) is 36.8 Å². The molecule has 2 aromatic heterocycles. The van der Waals surface area contributed by atoms with Crippen LogP contribution in [0.2, 0.25) is 0 Å². The first-order valence-electron chi connectivity index (χ1n) is 8.31. The fourth-order valence-electron chi connectivity index (χ4n) is 2.82. The van der Waals surface area contributed by atoms with Gasteiger partial charge in [0.1, 0.15) is 0 Å². The summed E-state index contributed by atoms with van der Waals surface area (Å²) in [5.41, 5.74) is 10.7. The van der Waals surface area contributed by atoms with E-state index in [1.165, 1.54) is 3.58 Å². The Morgan fingerprint density at radius 3 is 2.92 bits per heavy atom.